The summed E-state index contributed by atoms with van der Waals surface area (Å²) in [4.78, 5) is 14.2. The molecule has 0 saturated carbocycles. The van der Waals surface area contributed by atoms with Gasteiger partial charge in [0.25, 0.3) is 0 Å². The Hall–Kier alpha value is -2.89. The van der Waals surface area contributed by atoms with E-state index in [1.54, 1.807) is 26.4 Å². The highest BCUT2D eigenvalue weighted by atomic mass is 16.5. The molecule has 0 bridgehead atoms. The number of benzene rings is 2. The number of nitrogens with two attached hydrogens (primary N) is 1. The number of nitrogen functional groups attached to an aromatic ring is 1. The van der Waals surface area contributed by atoms with E-state index in [1.165, 1.54) is 0 Å². The third kappa shape index (κ3) is 3.69. The Kier molecular flexibility index (Phi) is 5.21. The molecule has 1 saturated heterocycles. The molecule has 3 rings (SSSR count). The SMILES string of the molecule is COc1ccc(C[C@@H]2CCC(=O)N2Cc2ccc(N)c(O)c2)cc1OC. The predicted molar refractivity (Wildman–Crippen MR) is 99.3 cm³/mol. The molecular formula is C20H24N2O4. The molecule has 1 amide bonds. The first-order valence-corrected chi connectivity index (χ1v) is 8.59. The molecule has 0 radical (unpaired) electrons. The van der Waals surface area contributed by atoms with E-state index in [2.05, 4.69) is 0 Å². The minimum absolute atomic E-state index is 0.0468. The van der Waals surface area contributed by atoms with Crippen LogP contribution >= 0.6 is 0 Å². The van der Waals surface area contributed by atoms with Gasteiger partial charge in [-0.25, -0.2) is 0 Å². The van der Waals surface area contributed by atoms with Gasteiger partial charge in [-0.05, 0) is 48.2 Å². The number of aromatic hydroxyl groups is 1. The average Bonchev–Trinajstić information content (AvgIpc) is 2.98. The van der Waals surface area contributed by atoms with Gasteiger partial charge in [0.1, 0.15) is 5.75 Å². The number of amides is 1. The third-order valence-electron chi connectivity index (χ3n) is 4.82. The van der Waals surface area contributed by atoms with Crippen molar-refractivity contribution in [1.29, 1.82) is 0 Å². The largest absolute Gasteiger partial charge is 0.506 e. The van der Waals surface area contributed by atoms with Crippen LogP contribution in [0, 0.1) is 0 Å². The topological polar surface area (TPSA) is 85.0 Å². The van der Waals surface area contributed by atoms with Gasteiger partial charge in [-0.15, -0.1) is 0 Å². The van der Waals surface area contributed by atoms with Crippen molar-refractivity contribution in [3.05, 3.63) is 47.5 Å². The molecule has 1 heterocycles. The molecule has 1 aliphatic rings. The summed E-state index contributed by atoms with van der Waals surface area (Å²) in [7, 11) is 3.22. The Bertz CT molecular complexity index is 806. The minimum Gasteiger partial charge on any atom is -0.506 e. The Morgan fingerprint density at radius 3 is 2.54 bits per heavy atom. The number of carbonyl (C=O) groups excluding carboxylic acids is 1. The number of nitrogens with zero attached hydrogens (tertiary/aromatic N) is 1. The van der Waals surface area contributed by atoms with Crippen LogP contribution in [0.1, 0.15) is 24.0 Å². The van der Waals surface area contributed by atoms with Crippen LogP contribution in [0.15, 0.2) is 36.4 Å². The second-order valence-electron chi connectivity index (χ2n) is 6.50. The molecule has 3 N–H and O–H groups in total. The maximum atomic E-state index is 12.3. The second-order valence-corrected chi connectivity index (χ2v) is 6.50. The number of hydrogen-bond donors (Lipinski definition) is 2. The minimum atomic E-state index is 0.0468. The van der Waals surface area contributed by atoms with E-state index in [0.717, 1.165) is 24.0 Å². The molecule has 2 aromatic carbocycles. The van der Waals surface area contributed by atoms with E-state index < -0.39 is 0 Å². The first-order chi connectivity index (χ1) is 12.5. The van der Waals surface area contributed by atoms with Crippen molar-refractivity contribution in [2.75, 3.05) is 20.0 Å². The molecule has 0 spiro atoms. The van der Waals surface area contributed by atoms with E-state index in [0.29, 0.717) is 30.2 Å². The number of phenols is 1. The number of ether oxygens (including phenoxy) is 2. The monoisotopic (exact) mass is 356 g/mol. The van der Waals surface area contributed by atoms with E-state index in [-0.39, 0.29) is 17.7 Å². The van der Waals surface area contributed by atoms with Crippen LogP contribution in [0.25, 0.3) is 0 Å². The average molecular weight is 356 g/mol. The summed E-state index contributed by atoms with van der Waals surface area (Å²) in [6, 6.07) is 11.1. The molecule has 0 aliphatic carbocycles. The fourth-order valence-electron chi connectivity index (χ4n) is 3.39. The zero-order valence-electron chi connectivity index (χ0n) is 15.1. The highest BCUT2D eigenvalue weighted by Crippen LogP contribution is 2.31. The predicted octanol–water partition coefficient (Wildman–Crippen LogP) is 2.73. The Morgan fingerprint density at radius 2 is 1.85 bits per heavy atom. The zero-order valence-corrected chi connectivity index (χ0v) is 15.1. The van der Waals surface area contributed by atoms with E-state index in [9.17, 15) is 9.90 Å². The first-order valence-electron chi connectivity index (χ1n) is 8.59. The van der Waals surface area contributed by atoms with Gasteiger partial charge in [-0.2, -0.15) is 0 Å². The molecule has 138 valence electrons. The van der Waals surface area contributed by atoms with Crippen molar-refractivity contribution in [1.82, 2.24) is 4.90 Å². The molecule has 2 aromatic rings. The van der Waals surface area contributed by atoms with Crippen molar-refractivity contribution in [3.8, 4) is 17.2 Å². The third-order valence-corrected chi connectivity index (χ3v) is 4.82. The maximum absolute atomic E-state index is 12.3. The van der Waals surface area contributed by atoms with Gasteiger partial charge in [0.15, 0.2) is 11.5 Å². The molecule has 26 heavy (non-hydrogen) atoms. The maximum Gasteiger partial charge on any atom is 0.223 e. The molecular weight excluding hydrogens is 332 g/mol. The lowest BCUT2D eigenvalue weighted by Gasteiger charge is -2.25. The number of methoxy groups -OCH3 is 2. The zero-order chi connectivity index (χ0) is 18.7. The molecule has 6 heteroatoms. The van der Waals surface area contributed by atoms with Gasteiger partial charge in [0, 0.05) is 19.0 Å². The number of hydrogen-bond acceptors (Lipinski definition) is 5. The van der Waals surface area contributed by atoms with E-state index in [1.807, 2.05) is 29.2 Å². The van der Waals surface area contributed by atoms with Gasteiger partial charge >= 0.3 is 0 Å². The van der Waals surface area contributed by atoms with Gasteiger partial charge in [0.2, 0.25) is 5.91 Å². The van der Waals surface area contributed by atoms with Gasteiger partial charge in [-0.1, -0.05) is 12.1 Å². The van der Waals surface area contributed by atoms with E-state index in [4.69, 9.17) is 15.2 Å². The Morgan fingerprint density at radius 1 is 1.12 bits per heavy atom. The van der Waals surface area contributed by atoms with Crippen LogP contribution in [0.3, 0.4) is 0 Å². The summed E-state index contributed by atoms with van der Waals surface area (Å²) in [5.74, 6) is 1.55. The van der Waals surface area contributed by atoms with Crippen LogP contribution in [0.5, 0.6) is 17.2 Å². The Balaban J connectivity index is 1.76. The Labute approximate surface area is 153 Å². The molecule has 0 aromatic heterocycles. The van der Waals surface area contributed by atoms with Crippen molar-refractivity contribution < 1.29 is 19.4 Å². The molecule has 0 unspecified atom stereocenters. The van der Waals surface area contributed by atoms with Crippen LogP contribution in [0.4, 0.5) is 5.69 Å². The van der Waals surface area contributed by atoms with Crippen molar-refractivity contribution in [2.24, 2.45) is 0 Å². The molecule has 1 atom stereocenters. The fourth-order valence-corrected chi connectivity index (χ4v) is 3.39. The summed E-state index contributed by atoms with van der Waals surface area (Å²) in [5.41, 5.74) is 7.94. The van der Waals surface area contributed by atoms with Gasteiger partial charge in [0.05, 0.1) is 19.9 Å². The number of rotatable bonds is 6. The molecule has 1 fully saturated rings. The van der Waals surface area contributed by atoms with Crippen LogP contribution in [0.2, 0.25) is 0 Å². The van der Waals surface area contributed by atoms with Gasteiger partial charge < -0.3 is 25.2 Å². The summed E-state index contributed by atoms with van der Waals surface area (Å²) in [5, 5.41) is 9.79. The van der Waals surface area contributed by atoms with Crippen molar-refractivity contribution in [3.63, 3.8) is 0 Å². The number of anilines is 1. The lowest BCUT2D eigenvalue weighted by molar-refractivity contribution is -0.129. The van der Waals surface area contributed by atoms with Crippen LogP contribution in [-0.2, 0) is 17.8 Å². The summed E-state index contributed by atoms with van der Waals surface area (Å²) < 4.78 is 10.6. The molecule has 6 nitrogen and oxygen atoms in total. The number of carbonyl (C=O) groups is 1. The standard InChI is InChI=1S/C20H24N2O4/c1-25-18-7-4-13(11-19(18)26-2)9-15-5-8-20(24)22(15)12-14-3-6-16(21)17(23)10-14/h3-4,6-7,10-11,15,23H,5,8-9,12,21H2,1-2H3/t15-/m0/s1. The smallest absolute Gasteiger partial charge is 0.223 e. The number of phenolic OH excluding ortho intramolecular Hbond substituents is 1. The summed E-state index contributed by atoms with van der Waals surface area (Å²) in [6.45, 7) is 0.463. The molecule has 1 aliphatic heterocycles. The fraction of sp³-hybridized carbons (Fsp3) is 0.350. The highest BCUT2D eigenvalue weighted by Gasteiger charge is 2.31. The van der Waals surface area contributed by atoms with Crippen molar-refractivity contribution >= 4 is 11.6 Å². The van der Waals surface area contributed by atoms with Gasteiger partial charge in [-0.3, -0.25) is 4.79 Å². The summed E-state index contributed by atoms with van der Waals surface area (Å²) in [6.07, 6.45) is 2.10. The normalized spacial score (nSPS) is 16.8. The van der Waals surface area contributed by atoms with Crippen LogP contribution < -0.4 is 15.2 Å². The highest BCUT2D eigenvalue weighted by molar-refractivity contribution is 5.79. The first kappa shape index (κ1) is 17.9. The van der Waals surface area contributed by atoms with E-state index >= 15 is 0 Å². The summed E-state index contributed by atoms with van der Waals surface area (Å²) >= 11 is 0. The lowest BCUT2D eigenvalue weighted by Crippen LogP contribution is -2.33. The van der Waals surface area contributed by atoms with Crippen molar-refractivity contribution in [2.45, 2.75) is 31.8 Å². The lowest BCUT2D eigenvalue weighted by atomic mass is 10.0. The van der Waals surface area contributed by atoms with Crippen LogP contribution in [-0.4, -0.2) is 36.2 Å². The second kappa shape index (κ2) is 7.56. The quantitative estimate of drug-likeness (QED) is 0.614. The number of likely N-dealkylation sites (tertiary alicyclic amines) is 1.